The summed E-state index contributed by atoms with van der Waals surface area (Å²) in [6.45, 7) is 5.46. The summed E-state index contributed by atoms with van der Waals surface area (Å²) in [4.78, 5) is 0. The smallest absolute Gasteiger partial charge is 0.0340 e. The summed E-state index contributed by atoms with van der Waals surface area (Å²) in [5.41, 5.74) is 9.77. The highest BCUT2D eigenvalue weighted by Gasteiger charge is 2.27. The van der Waals surface area contributed by atoms with Crippen molar-refractivity contribution in [2.24, 2.45) is 11.7 Å². The molecule has 19 heavy (non-hydrogen) atoms. The molecule has 3 heteroatoms. The van der Waals surface area contributed by atoms with E-state index in [-0.39, 0.29) is 0 Å². The van der Waals surface area contributed by atoms with Crippen LogP contribution in [0.2, 0.25) is 0 Å². The van der Waals surface area contributed by atoms with E-state index in [4.69, 9.17) is 5.73 Å². The second-order valence-corrected chi connectivity index (χ2v) is 6.84. The predicted molar refractivity (Wildman–Crippen MR) is 81.8 cm³/mol. The summed E-state index contributed by atoms with van der Waals surface area (Å²) < 4.78 is 0. The van der Waals surface area contributed by atoms with Crippen molar-refractivity contribution in [2.45, 2.75) is 89.8 Å². The van der Waals surface area contributed by atoms with Gasteiger partial charge in [0, 0.05) is 24.7 Å². The van der Waals surface area contributed by atoms with Crippen LogP contribution in [0, 0.1) is 5.92 Å². The average Bonchev–Trinajstić information content (AvgIpc) is 2.43. The van der Waals surface area contributed by atoms with Crippen LogP contribution in [0.4, 0.5) is 0 Å². The van der Waals surface area contributed by atoms with Gasteiger partial charge in [-0.25, -0.2) is 5.01 Å². The zero-order chi connectivity index (χ0) is 13.7. The molecule has 1 saturated carbocycles. The number of hydrazine groups is 1. The van der Waals surface area contributed by atoms with Crippen molar-refractivity contribution in [1.82, 2.24) is 10.4 Å². The summed E-state index contributed by atoms with van der Waals surface area (Å²) in [7, 11) is 0. The molecule has 0 aromatic heterocycles. The van der Waals surface area contributed by atoms with E-state index in [2.05, 4.69) is 24.3 Å². The third-order valence-corrected chi connectivity index (χ3v) is 5.15. The summed E-state index contributed by atoms with van der Waals surface area (Å²) >= 11 is 0. The van der Waals surface area contributed by atoms with Crippen LogP contribution in [-0.2, 0) is 0 Å². The molecule has 1 aliphatic heterocycles. The fourth-order valence-corrected chi connectivity index (χ4v) is 3.91. The summed E-state index contributed by atoms with van der Waals surface area (Å²) in [6.07, 6.45) is 12.4. The predicted octanol–water partition coefficient (Wildman–Crippen LogP) is 3.05. The number of nitrogens with zero attached hydrogens (tertiary/aromatic N) is 1. The first-order chi connectivity index (χ1) is 9.20. The van der Waals surface area contributed by atoms with Crippen molar-refractivity contribution in [1.29, 1.82) is 0 Å². The molecule has 112 valence electrons. The first kappa shape index (κ1) is 15.3. The molecule has 3 N–H and O–H groups in total. The lowest BCUT2D eigenvalue weighted by Crippen LogP contribution is -2.57. The second-order valence-electron chi connectivity index (χ2n) is 6.84. The van der Waals surface area contributed by atoms with Crippen LogP contribution in [0.5, 0.6) is 0 Å². The van der Waals surface area contributed by atoms with Gasteiger partial charge in [0.1, 0.15) is 0 Å². The maximum atomic E-state index is 6.01. The molecule has 0 aromatic rings. The van der Waals surface area contributed by atoms with Crippen molar-refractivity contribution < 1.29 is 0 Å². The van der Waals surface area contributed by atoms with Gasteiger partial charge < -0.3 is 5.73 Å². The van der Waals surface area contributed by atoms with Gasteiger partial charge >= 0.3 is 0 Å². The molecular weight excluding hydrogens is 234 g/mol. The third kappa shape index (κ3) is 4.44. The number of rotatable bonds is 5. The Morgan fingerprint density at radius 1 is 1.00 bits per heavy atom. The number of piperidine rings is 1. The molecule has 0 amide bonds. The van der Waals surface area contributed by atoms with Crippen molar-refractivity contribution in [3.8, 4) is 0 Å². The quantitative estimate of drug-likeness (QED) is 0.804. The minimum atomic E-state index is 0.478. The Labute approximate surface area is 119 Å². The molecule has 3 nitrogen and oxygen atoms in total. The van der Waals surface area contributed by atoms with E-state index in [9.17, 15) is 0 Å². The Hall–Kier alpha value is -0.120. The molecule has 3 unspecified atom stereocenters. The normalized spacial score (nSPS) is 32.4. The molecule has 0 radical (unpaired) electrons. The highest BCUT2D eigenvalue weighted by Crippen LogP contribution is 2.28. The highest BCUT2D eigenvalue weighted by atomic mass is 15.5. The van der Waals surface area contributed by atoms with Crippen molar-refractivity contribution in [3.63, 3.8) is 0 Å². The molecule has 2 fully saturated rings. The molecule has 2 aliphatic rings. The van der Waals surface area contributed by atoms with Gasteiger partial charge in [-0.3, -0.25) is 5.43 Å². The number of hydrogen-bond acceptors (Lipinski definition) is 3. The Kier molecular flexibility index (Phi) is 6.11. The van der Waals surface area contributed by atoms with Crippen molar-refractivity contribution >= 4 is 0 Å². The molecular formula is C16H33N3. The second kappa shape index (κ2) is 7.61. The summed E-state index contributed by atoms with van der Waals surface area (Å²) in [6, 6.07) is 1.79. The van der Waals surface area contributed by atoms with Crippen LogP contribution in [-0.4, -0.2) is 29.7 Å². The largest absolute Gasteiger partial charge is 0.329 e. The Balaban J connectivity index is 1.83. The van der Waals surface area contributed by atoms with E-state index >= 15 is 0 Å². The minimum Gasteiger partial charge on any atom is -0.329 e. The lowest BCUT2D eigenvalue weighted by molar-refractivity contribution is 0.0255. The zero-order valence-corrected chi connectivity index (χ0v) is 12.9. The average molecular weight is 267 g/mol. The van der Waals surface area contributed by atoms with Crippen molar-refractivity contribution in [3.05, 3.63) is 0 Å². The molecule has 3 atom stereocenters. The van der Waals surface area contributed by atoms with Crippen LogP contribution < -0.4 is 11.2 Å². The van der Waals surface area contributed by atoms with E-state index in [1.165, 1.54) is 57.8 Å². The van der Waals surface area contributed by atoms with Gasteiger partial charge in [-0.2, -0.15) is 0 Å². The molecule has 1 heterocycles. The maximum Gasteiger partial charge on any atom is 0.0340 e. The van der Waals surface area contributed by atoms with Crippen LogP contribution in [0.15, 0.2) is 0 Å². The fraction of sp³-hybridized carbons (Fsp3) is 1.00. The zero-order valence-electron chi connectivity index (χ0n) is 12.9. The van der Waals surface area contributed by atoms with Crippen LogP contribution >= 0.6 is 0 Å². The van der Waals surface area contributed by atoms with Crippen LogP contribution in [0.3, 0.4) is 0 Å². The SMILES string of the molecule is CC1CCCC(C)N1NC(CN)CC1CCCCC1. The number of nitrogens with one attached hydrogen (secondary N) is 1. The molecule has 0 bridgehead atoms. The molecule has 0 aromatic carbocycles. The van der Waals surface area contributed by atoms with Crippen molar-refractivity contribution in [2.75, 3.05) is 6.54 Å². The molecule has 0 spiro atoms. The van der Waals surface area contributed by atoms with E-state index in [0.29, 0.717) is 18.1 Å². The van der Waals surface area contributed by atoms with Crippen LogP contribution in [0.1, 0.15) is 71.6 Å². The minimum absolute atomic E-state index is 0.478. The Morgan fingerprint density at radius 3 is 2.21 bits per heavy atom. The van der Waals surface area contributed by atoms with Gasteiger partial charge in [0.25, 0.3) is 0 Å². The van der Waals surface area contributed by atoms with E-state index in [1.54, 1.807) is 0 Å². The van der Waals surface area contributed by atoms with E-state index in [1.807, 2.05) is 0 Å². The van der Waals surface area contributed by atoms with Gasteiger partial charge in [-0.1, -0.05) is 38.5 Å². The number of hydrogen-bond donors (Lipinski definition) is 2. The van der Waals surface area contributed by atoms with E-state index < -0.39 is 0 Å². The summed E-state index contributed by atoms with van der Waals surface area (Å²) in [5, 5.41) is 2.49. The fourth-order valence-electron chi connectivity index (χ4n) is 3.91. The molecule has 1 saturated heterocycles. The standard InChI is InChI=1S/C16H33N3/c1-13-7-6-8-14(2)19(13)18-16(12-17)11-15-9-4-3-5-10-15/h13-16,18H,3-12,17H2,1-2H3. The van der Waals surface area contributed by atoms with Gasteiger partial charge in [0.05, 0.1) is 0 Å². The Bertz CT molecular complexity index is 240. The van der Waals surface area contributed by atoms with Crippen LogP contribution in [0.25, 0.3) is 0 Å². The maximum absolute atomic E-state index is 6.01. The number of nitrogens with two attached hydrogens (primary N) is 1. The lowest BCUT2D eigenvalue weighted by Gasteiger charge is -2.42. The third-order valence-electron chi connectivity index (χ3n) is 5.15. The van der Waals surface area contributed by atoms with E-state index in [0.717, 1.165) is 12.5 Å². The van der Waals surface area contributed by atoms with Gasteiger partial charge in [0.15, 0.2) is 0 Å². The van der Waals surface area contributed by atoms with Gasteiger partial charge in [-0.05, 0) is 39.0 Å². The molecule has 1 aliphatic carbocycles. The first-order valence-corrected chi connectivity index (χ1v) is 8.45. The van der Waals surface area contributed by atoms with Gasteiger partial charge in [0.2, 0.25) is 0 Å². The topological polar surface area (TPSA) is 41.3 Å². The Morgan fingerprint density at radius 2 is 1.63 bits per heavy atom. The molecule has 2 rings (SSSR count). The monoisotopic (exact) mass is 267 g/mol. The van der Waals surface area contributed by atoms with Gasteiger partial charge in [-0.15, -0.1) is 0 Å². The summed E-state index contributed by atoms with van der Waals surface area (Å²) in [5.74, 6) is 0.908. The first-order valence-electron chi connectivity index (χ1n) is 8.45. The highest BCUT2D eigenvalue weighted by molar-refractivity contribution is 4.81. The lowest BCUT2D eigenvalue weighted by atomic mass is 9.85.